The van der Waals surface area contributed by atoms with Crippen molar-refractivity contribution in [3.63, 3.8) is 0 Å². The number of alkyl carbamates (subject to hydrolysis) is 1. The quantitative estimate of drug-likeness (QED) is 0.191. The lowest BCUT2D eigenvalue weighted by atomic mass is 10.00. The van der Waals surface area contributed by atoms with E-state index in [2.05, 4.69) is 16.0 Å². The fourth-order valence-electron chi connectivity index (χ4n) is 4.79. The largest absolute Gasteiger partial charge is 0.459 e. The van der Waals surface area contributed by atoms with Gasteiger partial charge in [0.05, 0.1) is 0 Å². The van der Waals surface area contributed by atoms with Gasteiger partial charge in [-0.1, -0.05) is 105 Å². The summed E-state index contributed by atoms with van der Waals surface area (Å²) < 4.78 is 11.0. The number of nitrogens with one attached hydrogen (secondary N) is 3. The van der Waals surface area contributed by atoms with Crippen LogP contribution >= 0.6 is 0 Å². The predicted octanol–water partition coefficient (Wildman–Crippen LogP) is 5.51. The summed E-state index contributed by atoms with van der Waals surface area (Å²) in [7, 11) is 0. The van der Waals surface area contributed by atoms with Crippen LogP contribution in [-0.2, 0) is 43.3 Å². The van der Waals surface area contributed by atoms with Crippen LogP contribution in [0, 0.1) is 5.92 Å². The van der Waals surface area contributed by atoms with Crippen LogP contribution in [0.1, 0.15) is 64.2 Å². The topological polar surface area (TPSA) is 123 Å². The third-order valence-corrected chi connectivity index (χ3v) is 7.02. The second-order valence-electron chi connectivity index (χ2n) is 12.8. The Balaban J connectivity index is 1.77. The lowest BCUT2D eigenvalue weighted by molar-refractivity contribution is -0.149. The fourth-order valence-corrected chi connectivity index (χ4v) is 4.79. The maximum atomic E-state index is 13.8. The molecule has 0 spiro atoms. The van der Waals surface area contributed by atoms with E-state index in [-0.39, 0.29) is 25.4 Å². The first-order valence-corrected chi connectivity index (χ1v) is 15.8. The van der Waals surface area contributed by atoms with Crippen LogP contribution in [0.5, 0.6) is 0 Å². The van der Waals surface area contributed by atoms with Gasteiger partial charge in [0.25, 0.3) is 0 Å². The molecule has 9 heteroatoms. The highest BCUT2D eigenvalue weighted by atomic mass is 16.6. The number of carbonyl (C=O) groups is 4. The van der Waals surface area contributed by atoms with Crippen molar-refractivity contribution in [1.29, 1.82) is 0 Å². The zero-order chi connectivity index (χ0) is 33.5. The second-order valence-corrected chi connectivity index (χ2v) is 12.8. The van der Waals surface area contributed by atoms with Gasteiger partial charge in [-0.05, 0) is 62.6 Å². The Bertz CT molecular complexity index is 1390. The predicted molar refractivity (Wildman–Crippen MR) is 178 cm³/mol. The summed E-state index contributed by atoms with van der Waals surface area (Å²) in [4.78, 5) is 53.4. The van der Waals surface area contributed by atoms with Crippen LogP contribution in [0.4, 0.5) is 4.79 Å². The minimum Gasteiger partial charge on any atom is -0.459 e. The third-order valence-electron chi connectivity index (χ3n) is 7.02. The van der Waals surface area contributed by atoms with E-state index in [0.717, 1.165) is 16.7 Å². The summed E-state index contributed by atoms with van der Waals surface area (Å²) in [6.45, 7) is 9.16. The highest BCUT2D eigenvalue weighted by molar-refractivity contribution is 5.93. The highest BCUT2D eigenvalue weighted by Crippen LogP contribution is 2.13. The summed E-state index contributed by atoms with van der Waals surface area (Å²) in [5.41, 5.74) is 1.91. The molecule has 246 valence electrons. The van der Waals surface area contributed by atoms with Crippen LogP contribution < -0.4 is 16.0 Å². The first kappa shape index (κ1) is 35.8. The van der Waals surface area contributed by atoms with Gasteiger partial charge < -0.3 is 25.4 Å². The average molecular weight is 630 g/mol. The van der Waals surface area contributed by atoms with E-state index < -0.39 is 47.6 Å². The molecule has 3 aromatic carbocycles. The summed E-state index contributed by atoms with van der Waals surface area (Å²) in [6.07, 6.45) is 0.597. The average Bonchev–Trinajstić information content (AvgIpc) is 3.01. The van der Waals surface area contributed by atoms with Crippen molar-refractivity contribution >= 4 is 23.9 Å². The molecule has 0 saturated carbocycles. The smallest absolute Gasteiger partial charge is 0.408 e. The number of rotatable bonds is 15. The molecule has 0 fully saturated rings. The van der Waals surface area contributed by atoms with Gasteiger partial charge in [-0.25, -0.2) is 9.59 Å². The Morgan fingerprint density at radius 1 is 0.652 bits per heavy atom. The Kier molecular flexibility index (Phi) is 13.8. The Labute approximate surface area is 272 Å². The van der Waals surface area contributed by atoms with Crippen LogP contribution in [0.15, 0.2) is 91.0 Å². The van der Waals surface area contributed by atoms with E-state index in [4.69, 9.17) is 9.47 Å². The number of aryl methyl sites for hydroxylation is 1. The summed E-state index contributed by atoms with van der Waals surface area (Å²) in [5.74, 6) is -1.58. The van der Waals surface area contributed by atoms with E-state index in [0.29, 0.717) is 12.8 Å². The van der Waals surface area contributed by atoms with Gasteiger partial charge >= 0.3 is 12.1 Å². The van der Waals surface area contributed by atoms with Crippen molar-refractivity contribution in [2.24, 2.45) is 5.92 Å². The molecule has 46 heavy (non-hydrogen) atoms. The Morgan fingerprint density at radius 3 is 1.70 bits per heavy atom. The van der Waals surface area contributed by atoms with Crippen LogP contribution in [-0.4, -0.2) is 47.6 Å². The lowest BCUT2D eigenvalue weighted by Gasteiger charge is -2.27. The van der Waals surface area contributed by atoms with E-state index in [1.54, 1.807) is 20.8 Å². The molecule has 1 unspecified atom stereocenters. The first-order valence-electron chi connectivity index (χ1n) is 15.8. The first-order chi connectivity index (χ1) is 21.9. The molecule has 0 saturated heterocycles. The van der Waals surface area contributed by atoms with Gasteiger partial charge in [0.15, 0.2) is 0 Å². The summed E-state index contributed by atoms with van der Waals surface area (Å²) in [5, 5.41) is 8.37. The number of benzene rings is 3. The van der Waals surface area contributed by atoms with Crippen LogP contribution in [0.25, 0.3) is 0 Å². The molecule has 0 aromatic heterocycles. The normalized spacial score (nSPS) is 13.2. The highest BCUT2D eigenvalue weighted by Gasteiger charge is 2.31. The number of esters is 1. The van der Waals surface area contributed by atoms with E-state index in [1.807, 2.05) is 105 Å². The monoisotopic (exact) mass is 629 g/mol. The molecule has 3 aromatic rings. The van der Waals surface area contributed by atoms with Gasteiger partial charge in [-0.3, -0.25) is 9.59 Å². The zero-order valence-electron chi connectivity index (χ0n) is 27.5. The molecule has 0 aliphatic heterocycles. The summed E-state index contributed by atoms with van der Waals surface area (Å²) >= 11 is 0. The van der Waals surface area contributed by atoms with Gasteiger partial charge in [0.1, 0.15) is 30.3 Å². The maximum absolute atomic E-state index is 13.8. The molecule has 3 N–H and O–H groups in total. The molecule has 3 rings (SSSR count). The van der Waals surface area contributed by atoms with Crippen LogP contribution in [0.3, 0.4) is 0 Å². The minimum atomic E-state index is -0.987. The van der Waals surface area contributed by atoms with Crippen molar-refractivity contribution in [3.05, 3.63) is 108 Å². The molecule has 0 aliphatic rings. The molecule has 9 nitrogen and oxygen atoms in total. The van der Waals surface area contributed by atoms with Gasteiger partial charge in [0.2, 0.25) is 11.8 Å². The molecule has 0 aliphatic carbocycles. The molecule has 3 atom stereocenters. The fraction of sp³-hybridized carbons (Fsp3) is 0.405. The number of hydrogen-bond donors (Lipinski definition) is 3. The molecular formula is C37H47N3O6. The van der Waals surface area contributed by atoms with Crippen LogP contribution in [0.2, 0.25) is 0 Å². The zero-order valence-corrected chi connectivity index (χ0v) is 27.5. The van der Waals surface area contributed by atoms with Gasteiger partial charge in [-0.15, -0.1) is 0 Å². The number of hydrogen-bond acceptors (Lipinski definition) is 6. The second kappa shape index (κ2) is 17.7. The maximum Gasteiger partial charge on any atom is 0.408 e. The number of amides is 3. The van der Waals surface area contributed by atoms with E-state index in [9.17, 15) is 19.2 Å². The minimum absolute atomic E-state index is 0.0373. The van der Waals surface area contributed by atoms with Gasteiger partial charge in [-0.2, -0.15) is 0 Å². The van der Waals surface area contributed by atoms with E-state index in [1.165, 1.54) is 0 Å². The van der Waals surface area contributed by atoms with Crippen molar-refractivity contribution < 1.29 is 28.7 Å². The number of ether oxygens (including phenoxy) is 2. The van der Waals surface area contributed by atoms with Crippen molar-refractivity contribution in [1.82, 2.24) is 16.0 Å². The van der Waals surface area contributed by atoms with Crippen molar-refractivity contribution in [2.75, 3.05) is 0 Å². The SMILES string of the molecule is CC(C)CC(NC(=O)[C@H](CCc1ccccc1)NC(=O)OC(C)(C)C)C(=O)N[C@@H](Cc1ccccc1)C(=O)OCc1ccccc1. The lowest BCUT2D eigenvalue weighted by Crippen LogP contribution is -2.56. The number of carbonyl (C=O) groups excluding carboxylic acids is 4. The van der Waals surface area contributed by atoms with Crippen molar-refractivity contribution in [2.45, 2.75) is 90.6 Å². The molecule has 0 bridgehead atoms. The van der Waals surface area contributed by atoms with Crippen molar-refractivity contribution in [3.8, 4) is 0 Å². The Morgan fingerprint density at radius 2 is 1.15 bits per heavy atom. The molecule has 0 radical (unpaired) electrons. The van der Waals surface area contributed by atoms with E-state index >= 15 is 0 Å². The Hall–Kier alpha value is -4.66. The third kappa shape index (κ3) is 13.1. The molecular weight excluding hydrogens is 582 g/mol. The van der Waals surface area contributed by atoms with Gasteiger partial charge in [0, 0.05) is 6.42 Å². The standard InChI is InChI=1S/C37H47N3O6/c1-26(2)23-31(38-33(41)30(40-36(44)46-37(3,4)5)22-21-27-15-9-6-10-16-27)34(42)39-32(24-28-17-11-7-12-18-28)35(43)45-25-29-19-13-8-14-20-29/h6-20,26,30-32H,21-25H2,1-5H3,(H,38,41)(H,39,42)(H,40,44)/t30-,31?,32-/m0/s1. The molecule has 3 amide bonds. The molecule has 0 heterocycles. The summed E-state index contributed by atoms with van der Waals surface area (Å²) in [6, 6.07) is 25.3.